The molecule has 11 nitrogen and oxygen atoms in total. The molecule has 1 saturated heterocycles. The molecule has 0 bridgehead atoms. The fraction of sp³-hybridized carbons (Fsp3) is 0.393. The molecule has 0 radical (unpaired) electrons. The third kappa shape index (κ3) is 4.53. The number of nitrogens with zero attached hydrogens (tertiary/aromatic N) is 8. The van der Waals surface area contributed by atoms with Crippen molar-refractivity contribution in [2.24, 2.45) is 14.1 Å². The Labute approximate surface area is 236 Å². The van der Waals surface area contributed by atoms with Gasteiger partial charge in [0.05, 0.1) is 24.0 Å². The summed E-state index contributed by atoms with van der Waals surface area (Å²) in [4.78, 5) is 24.8. The number of aryl methyl sites for hydroxylation is 3. The van der Waals surface area contributed by atoms with Crippen LogP contribution in [0.5, 0.6) is 0 Å². The number of aliphatic hydroxyl groups is 1. The highest BCUT2D eigenvalue weighted by atomic mass is 35.5. The number of anilines is 1. The number of benzene rings is 1. The summed E-state index contributed by atoms with van der Waals surface area (Å²) >= 11 is 6.24. The molecule has 2 atom stereocenters. The first-order valence-electron chi connectivity index (χ1n) is 13.3. The average Bonchev–Trinajstić information content (AvgIpc) is 3.51. The van der Waals surface area contributed by atoms with E-state index in [1.54, 1.807) is 35.6 Å². The van der Waals surface area contributed by atoms with Gasteiger partial charge in [-0.2, -0.15) is 5.10 Å². The van der Waals surface area contributed by atoms with E-state index in [0.29, 0.717) is 28.6 Å². The predicted molar refractivity (Wildman–Crippen MR) is 156 cm³/mol. The quantitative estimate of drug-likeness (QED) is 0.290. The SMILES string of the molecule is Cc1cc(C(C)Nc2ccc(Cl)nc2-c2ncn(C)n2)c2c(c1)c(=O)n(C)c1c2cnn1C1CN(C[C@@H](C)O)C1. The molecule has 1 fully saturated rings. The number of hydrogen-bond donors (Lipinski definition) is 2. The molecule has 0 amide bonds. The molecule has 5 aromatic rings. The second kappa shape index (κ2) is 9.99. The summed E-state index contributed by atoms with van der Waals surface area (Å²) in [5.41, 5.74) is 4.00. The van der Waals surface area contributed by atoms with Crippen molar-refractivity contribution in [1.29, 1.82) is 0 Å². The van der Waals surface area contributed by atoms with E-state index in [0.717, 1.165) is 46.3 Å². The lowest BCUT2D eigenvalue weighted by Crippen LogP contribution is -2.50. The van der Waals surface area contributed by atoms with Gasteiger partial charge in [0.1, 0.15) is 22.8 Å². The number of nitrogens with one attached hydrogen (secondary N) is 1. The first kappa shape index (κ1) is 26.4. The fourth-order valence-corrected chi connectivity index (χ4v) is 5.88. The standard InChI is InChI=1S/C28H32ClN9O2/c1-15-8-19(17(3)32-22-6-7-23(29)33-25(22)26-30-14-35(4)34-26)24-20(9-15)28(40)36(5)27-21(24)10-31-38(27)18-12-37(13-18)11-16(2)39/h6-10,14,16-18,32,39H,11-13H2,1-5H3/t16-,17?/m1/s1. The molecule has 2 N–H and O–H groups in total. The Morgan fingerprint density at radius 3 is 2.65 bits per heavy atom. The minimum atomic E-state index is -0.381. The Kier molecular flexibility index (Phi) is 6.60. The van der Waals surface area contributed by atoms with E-state index in [4.69, 9.17) is 16.7 Å². The van der Waals surface area contributed by atoms with Crippen molar-refractivity contribution in [1.82, 2.24) is 39.0 Å². The molecule has 1 unspecified atom stereocenters. The molecule has 1 aromatic carbocycles. The zero-order valence-corrected chi connectivity index (χ0v) is 23.9. The first-order valence-corrected chi connectivity index (χ1v) is 13.7. The second-order valence-corrected chi connectivity index (χ2v) is 11.2. The number of aromatic nitrogens is 7. The van der Waals surface area contributed by atoms with Crippen LogP contribution in [-0.4, -0.2) is 69.8 Å². The number of pyridine rings is 2. The van der Waals surface area contributed by atoms with E-state index in [9.17, 15) is 9.90 Å². The molecule has 0 aliphatic carbocycles. The van der Waals surface area contributed by atoms with Crippen LogP contribution in [0.1, 0.15) is 37.1 Å². The van der Waals surface area contributed by atoms with E-state index >= 15 is 0 Å². The second-order valence-electron chi connectivity index (χ2n) is 10.8. The summed E-state index contributed by atoms with van der Waals surface area (Å²) in [5.74, 6) is 0.469. The normalized spacial score (nSPS) is 16.0. The van der Waals surface area contributed by atoms with Crippen LogP contribution >= 0.6 is 11.6 Å². The summed E-state index contributed by atoms with van der Waals surface area (Å²) in [6, 6.07) is 7.61. The number of hydrogen-bond acceptors (Lipinski definition) is 8. The molecular formula is C28H32ClN9O2. The molecule has 208 valence electrons. The summed E-state index contributed by atoms with van der Waals surface area (Å²) in [7, 11) is 3.61. The molecule has 1 aliphatic heterocycles. The van der Waals surface area contributed by atoms with Crippen molar-refractivity contribution in [2.45, 2.75) is 39.0 Å². The van der Waals surface area contributed by atoms with Gasteiger partial charge in [0.15, 0.2) is 0 Å². The first-order chi connectivity index (χ1) is 19.1. The molecule has 12 heteroatoms. The van der Waals surface area contributed by atoms with E-state index in [1.165, 1.54) is 0 Å². The van der Waals surface area contributed by atoms with Crippen LogP contribution in [0.4, 0.5) is 5.69 Å². The van der Waals surface area contributed by atoms with Crippen molar-refractivity contribution in [2.75, 3.05) is 25.0 Å². The molecule has 40 heavy (non-hydrogen) atoms. The predicted octanol–water partition coefficient (Wildman–Crippen LogP) is 3.45. The van der Waals surface area contributed by atoms with Gasteiger partial charge < -0.3 is 10.4 Å². The van der Waals surface area contributed by atoms with Crippen molar-refractivity contribution in [3.8, 4) is 11.5 Å². The van der Waals surface area contributed by atoms with E-state index in [-0.39, 0.29) is 23.7 Å². The van der Waals surface area contributed by atoms with Crippen LogP contribution in [0.15, 0.2) is 41.6 Å². The van der Waals surface area contributed by atoms with Crippen LogP contribution in [0.25, 0.3) is 33.3 Å². The van der Waals surface area contributed by atoms with E-state index in [2.05, 4.69) is 38.3 Å². The van der Waals surface area contributed by atoms with Gasteiger partial charge in [-0.3, -0.25) is 18.9 Å². The van der Waals surface area contributed by atoms with E-state index < -0.39 is 0 Å². The number of β-amino-alcohol motifs (C(OH)–C–C–N with tert-alkyl or cyclic N) is 1. The maximum absolute atomic E-state index is 13.7. The van der Waals surface area contributed by atoms with Crippen LogP contribution in [0.2, 0.25) is 5.15 Å². The lowest BCUT2D eigenvalue weighted by Gasteiger charge is -2.40. The Bertz CT molecular complexity index is 1800. The van der Waals surface area contributed by atoms with Gasteiger partial charge in [0.2, 0.25) is 5.82 Å². The number of rotatable bonds is 7. The van der Waals surface area contributed by atoms with Gasteiger partial charge in [-0.05, 0) is 50.1 Å². The van der Waals surface area contributed by atoms with Gasteiger partial charge in [-0.1, -0.05) is 17.7 Å². The molecule has 6 rings (SSSR count). The van der Waals surface area contributed by atoms with Gasteiger partial charge in [-0.25, -0.2) is 14.6 Å². The highest BCUT2D eigenvalue weighted by molar-refractivity contribution is 6.29. The minimum Gasteiger partial charge on any atom is -0.392 e. The summed E-state index contributed by atoms with van der Waals surface area (Å²) in [6.45, 7) is 8.04. The third-order valence-electron chi connectivity index (χ3n) is 7.52. The van der Waals surface area contributed by atoms with Gasteiger partial charge in [-0.15, -0.1) is 5.10 Å². The zero-order valence-electron chi connectivity index (χ0n) is 23.1. The molecule has 0 saturated carbocycles. The molecular weight excluding hydrogens is 530 g/mol. The number of aliphatic hydroxyl groups excluding tert-OH is 1. The Hall–Kier alpha value is -3.80. The van der Waals surface area contributed by atoms with Gasteiger partial charge in [0, 0.05) is 55.9 Å². The molecule has 5 heterocycles. The van der Waals surface area contributed by atoms with Crippen LogP contribution in [-0.2, 0) is 14.1 Å². The number of likely N-dealkylation sites (tertiary alicyclic amines) is 1. The Morgan fingerprint density at radius 2 is 1.95 bits per heavy atom. The van der Waals surface area contributed by atoms with Crippen molar-refractivity contribution in [3.63, 3.8) is 0 Å². The van der Waals surface area contributed by atoms with Crippen molar-refractivity contribution in [3.05, 3.63) is 63.4 Å². The minimum absolute atomic E-state index is 0.0619. The van der Waals surface area contributed by atoms with Crippen LogP contribution < -0.4 is 10.9 Å². The van der Waals surface area contributed by atoms with Gasteiger partial charge >= 0.3 is 0 Å². The average molecular weight is 562 g/mol. The van der Waals surface area contributed by atoms with Crippen molar-refractivity contribution >= 4 is 39.1 Å². The third-order valence-corrected chi connectivity index (χ3v) is 7.73. The maximum Gasteiger partial charge on any atom is 0.259 e. The highest BCUT2D eigenvalue weighted by Gasteiger charge is 2.32. The lowest BCUT2D eigenvalue weighted by molar-refractivity contribution is 0.0489. The number of fused-ring (bicyclic) bond motifs is 3. The fourth-order valence-electron chi connectivity index (χ4n) is 5.74. The summed E-state index contributed by atoms with van der Waals surface area (Å²) in [5, 5.41) is 25.3. The lowest BCUT2D eigenvalue weighted by atomic mass is 9.95. The van der Waals surface area contributed by atoms with Crippen molar-refractivity contribution < 1.29 is 5.11 Å². The van der Waals surface area contributed by atoms with E-state index in [1.807, 2.05) is 37.0 Å². The zero-order chi connectivity index (χ0) is 28.3. The highest BCUT2D eigenvalue weighted by Crippen LogP contribution is 2.35. The largest absolute Gasteiger partial charge is 0.392 e. The Morgan fingerprint density at radius 1 is 1.18 bits per heavy atom. The summed E-state index contributed by atoms with van der Waals surface area (Å²) < 4.78 is 5.29. The monoisotopic (exact) mass is 561 g/mol. The maximum atomic E-state index is 13.7. The van der Waals surface area contributed by atoms with Crippen LogP contribution in [0, 0.1) is 6.92 Å². The van der Waals surface area contributed by atoms with Crippen LogP contribution in [0.3, 0.4) is 0 Å². The molecule has 1 aliphatic rings. The smallest absolute Gasteiger partial charge is 0.259 e. The van der Waals surface area contributed by atoms with Gasteiger partial charge in [0.25, 0.3) is 5.56 Å². The number of halogens is 1. The molecule has 4 aromatic heterocycles. The summed E-state index contributed by atoms with van der Waals surface area (Å²) in [6.07, 6.45) is 3.11. The topological polar surface area (TPSA) is 119 Å². The molecule has 0 spiro atoms. The Balaban J connectivity index is 1.45.